The number of rotatable bonds is 5. The van der Waals surface area contributed by atoms with Crippen LogP contribution in [0.5, 0.6) is 0 Å². The molecule has 1 heterocycles. The van der Waals surface area contributed by atoms with Gasteiger partial charge in [0.1, 0.15) is 5.54 Å². The minimum Gasteiger partial charge on any atom is -0.342 e. The predicted molar refractivity (Wildman–Crippen MR) is 76.2 cm³/mol. The average molecular weight is 288 g/mol. The van der Waals surface area contributed by atoms with Gasteiger partial charge in [-0.25, -0.2) is 0 Å². The Hall–Kier alpha value is -0.910. The van der Waals surface area contributed by atoms with Crippen LogP contribution in [0.3, 0.4) is 0 Å². The molecule has 1 aliphatic rings. The van der Waals surface area contributed by atoms with Crippen LogP contribution < -0.4 is 5.32 Å². The molecule has 2 amide bonds. The van der Waals surface area contributed by atoms with E-state index < -0.39 is 16.3 Å². The maximum Gasteiger partial charge on any atom is 0.248 e. The molecule has 0 aromatic heterocycles. The Morgan fingerprint density at radius 3 is 2.63 bits per heavy atom. The van der Waals surface area contributed by atoms with Crippen LogP contribution in [-0.2, 0) is 20.4 Å². The van der Waals surface area contributed by atoms with Crippen LogP contribution in [0.15, 0.2) is 0 Å². The summed E-state index contributed by atoms with van der Waals surface area (Å²) in [7, 11) is -0.879. The molecule has 1 saturated heterocycles. The van der Waals surface area contributed by atoms with Crippen LogP contribution >= 0.6 is 0 Å². The third kappa shape index (κ3) is 4.03. The summed E-state index contributed by atoms with van der Waals surface area (Å²) in [6.45, 7) is 6.59. The molecular formula is C13H24N2O3S. The summed E-state index contributed by atoms with van der Waals surface area (Å²) >= 11 is 0. The summed E-state index contributed by atoms with van der Waals surface area (Å²) < 4.78 is 11.3. The van der Waals surface area contributed by atoms with Crippen molar-refractivity contribution in [3.63, 3.8) is 0 Å². The van der Waals surface area contributed by atoms with E-state index in [1.54, 1.807) is 18.1 Å². The molecule has 0 aliphatic carbocycles. The second-order valence-corrected chi connectivity index (χ2v) is 7.18. The van der Waals surface area contributed by atoms with Crippen molar-refractivity contribution in [2.45, 2.75) is 50.8 Å². The highest BCUT2D eigenvalue weighted by Crippen LogP contribution is 2.18. The lowest BCUT2D eigenvalue weighted by Crippen LogP contribution is -2.54. The van der Waals surface area contributed by atoms with Gasteiger partial charge in [0.05, 0.1) is 0 Å². The zero-order valence-electron chi connectivity index (χ0n) is 12.2. The fourth-order valence-electron chi connectivity index (χ4n) is 2.07. The molecule has 0 radical (unpaired) electrons. The monoisotopic (exact) mass is 288 g/mol. The maximum atomic E-state index is 12.5. The van der Waals surface area contributed by atoms with E-state index in [1.807, 2.05) is 13.8 Å². The molecule has 1 aliphatic heterocycles. The van der Waals surface area contributed by atoms with Crippen LogP contribution in [0.4, 0.5) is 0 Å². The van der Waals surface area contributed by atoms with Gasteiger partial charge in [-0.2, -0.15) is 0 Å². The van der Waals surface area contributed by atoms with E-state index in [0.29, 0.717) is 32.4 Å². The summed E-state index contributed by atoms with van der Waals surface area (Å²) in [6.07, 6.45) is 3.28. The molecular weight excluding hydrogens is 264 g/mol. The maximum absolute atomic E-state index is 12.5. The molecule has 1 N–H and O–H groups in total. The summed E-state index contributed by atoms with van der Waals surface area (Å²) in [5.74, 6) is -0.109. The Morgan fingerprint density at radius 2 is 2.11 bits per heavy atom. The molecule has 5 nitrogen and oxygen atoms in total. The van der Waals surface area contributed by atoms with E-state index in [4.69, 9.17) is 0 Å². The van der Waals surface area contributed by atoms with Gasteiger partial charge in [0.25, 0.3) is 0 Å². The van der Waals surface area contributed by atoms with Gasteiger partial charge in [-0.05, 0) is 19.8 Å². The van der Waals surface area contributed by atoms with E-state index >= 15 is 0 Å². The predicted octanol–water partition coefficient (Wildman–Crippen LogP) is 0.661. The van der Waals surface area contributed by atoms with Crippen LogP contribution in [0.2, 0.25) is 0 Å². The van der Waals surface area contributed by atoms with Crippen molar-refractivity contribution < 1.29 is 13.8 Å². The van der Waals surface area contributed by atoms with Crippen molar-refractivity contribution in [1.82, 2.24) is 10.2 Å². The van der Waals surface area contributed by atoms with Crippen LogP contribution in [0.25, 0.3) is 0 Å². The Bertz CT molecular complexity index is 386. The van der Waals surface area contributed by atoms with E-state index in [2.05, 4.69) is 5.32 Å². The van der Waals surface area contributed by atoms with Crippen LogP contribution in [-0.4, -0.2) is 51.1 Å². The fourth-order valence-corrected chi connectivity index (χ4v) is 2.50. The first-order chi connectivity index (χ1) is 8.80. The standard InChI is InChI=1S/C13H24N2O3S/c1-5-13(3)12(17)15(9-7-11(16)14-13)8-6-10(2)19(4)18/h10H,5-9H2,1-4H3,(H,14,16). The highest BCUT2D eigenvalue weighted by Gasteiger charge is 2.38. The minimum atomic E-state index is -0.879. The lowest BCUT2D eigenvalue weighted by molar-refractivity contribution is -0.138. The van der Waals surface area contributed by atoms with E-state index in [0.717, 1.165) is 0 Å². The number of carbonyl (C=O) groups is 2. The zero-order chi connectivity index (χ0) is 14.6. The lowest BCUT2D eigenvalue weighted by Gasteiger charge is -2.31. The second-order valence-electron chi connectivity index (χ2n) is 5.37. The second kappa shape index (κ2) is 6.50. The van der Waals surface area contributed by atoms with Crippen molar-refractivity contribution in [1.29, 1.82) is 0 Å². The number of hydrogen-bond donors (Lipinski definition) is 1. The van der Waals surface area contributed by atoms with Gasteiger partial charge in [0, 0.05) is 41.8 Å². The van der Waals surface area contributed by atoms with Gasteiger partial charge in [0.2, 0.25) is 11.8 Å². The van der Waals surface area contributed by atoms with Gasteiger partial charge in [-0.1, -0.05) is 13.8 Å². The molecule has 0 spiro atoms. The van der Waals surface area contributed by atoms with Gasteiger partial charge in [0.15, 0.2) is 0 Å². The molecule has 110 valence electrons. The quantitative estimate of drug-likeness (QED) is 0.808. The Balaban J connectivity index is 2.74. The van der Waals surface area contributed by atoms with Crippen molar-refractivity contribution >= 4 is 22.6 Å². The molecule has 0 saturated carbocycles. The largest absolute Gasteiger partial charge is 0.342 e. The molecule has 19 heavy (non-hydrogen) atoms. The number of nitrogens with zero attached hydrogens (tertiary/aromatic N) is 1. The smallest absolute Gasteiger partial charge is 0.248 e. The minimum absolute atomic E-state index is 0.0325. The number of carbonyl (C=O) groups excluding carboxylic acids is 2. The highest BCUT2D eigenvalue weighted by molar-refractivity contribution is 7.84. The Morgan fingerprint density at radius 1 is 1.47 bits per heavy atom. The van der Waals surface area contributed by atoms with Gasteiger partial charge in [-0.15, -0.1) is 0 Å². The normalized spacial score (nSPS) is 27.7. The summed E-state index contributed by atoms with van der Waals surface area (Å²) in [5.41, 5.74) is -0.803. The lowest BCUT2D eigenvalue weighted by atomic mass is 9.97. The van der Waals surface area contributed by atoms with Crippen LogP contribution in [0, 0.1) is 0 Å². The summed E-state index contributed by atoms with van der Waals surface area (Å²) in [5, 5.41) is 2.87. The third-order valence-corrected chi connectivity index (χ3v) is 5.23. The first kappa shape index (κ1) is 16.1. The van der Waals surface area contributed by atoms with Crippen LogP contribution in [0.1, 0.15) is 40.0 Å². The molecule has 0 aromatic rings. The molecule has 0 bridgehead atoms. The van der Waals surface area contributed by atoms with Gasteiger partial charge >= 0.3 is 0 Å². The first-order valence-corrected chi connectivity index (χ1v) is 8.35. The molecule has 1 rings (SSSR count). The Labute approximate surface area is 117 Å². The molecule has 3 atom stereocenters. The number of hydrogen-bond acceptors (Lipinski definition) is 3. The average Bonchev–Trinajstić information content (AvgIpc) is 2.46. The van der Waals surface area contributed by atoms with Gasteiger partial charge in [-0.3, -0.25) is 13.8 Å². The zero-order valence-corrected chi connectivity index (χ0v) is 13.0. The molecule has 0 aromatic carbocycles. The summed E-state index contributed by atoms with van der Waals surface area (Å²) in [4.78, 5) is 25.8. The third-order valence-electron chi connectivity index (χ3n) is 3.86. The topological polar surface area (TPSA) is 66.5 Å². The number of nitrogens with one attached hydrogen (secondary N) is 1. The van der Waals surface area contributed by atoms with Crippen molar-refractivity contribution in [3.05, 3.63) is 0 Å². The Kier molecular flexibility index (Phi) is 5.52. The van der Waals surface area contributed by atoms with E-state index in [9.17, 15) is 13.8 Å². The SMILES string of the molecule is CCC1(C)NC(=O)CCN(CCC(C)S(C)=O)C1=O. The van der Waals surface area contributed by atoms with Crippen molar-refractivity contribution in [2.75, 3.05) is 19.3 Å². The molecule has 6 heteroatoms. The molecule has 3 unspecified atom stereocenters. The highest BCUT2D eigenvalue weighted by atomic mass is 32.2. The molecule has 1 fully saturated rings. The van der Waals surface area contributed by atoms with E-state index in [-0.39, 0.29) is 17.1 Å². The van der Waals surface area contributed by atoms with Crippen molar-refractivity contribution in [3.8, 4) is 0 Å². The van der Waals surface area contributed by atoms with Gasteiger partial charge < -0.3 is 10.2 Å². The van der Waals surface area contributed by atoms with Crippen molar-refractivity contribution in [2.24, 2.45) is 0 Å². The summed E-state index contributed by atoms with van der Waals surface area (Å²) in [6, 6.07) is 0. The fraction of sp³-hybridized carbons (Fsp3) is 0.846. The first-order valence-electron chi connectivity index (χ1n) is 6.72. The number of amides is 2. The van der Waals surface area contributed by atoms with E-state index in [1.165, 1.54) is 0 Å².